The summed E-state index contributed by atoms with van der Waals surface area (Å²) < 4.78 is 5.45. The molecule has 3 rings (SSSR count). The Labute approximate surface area is 134 Å². The lowest BCUT2D eigenvalue weighted by molar-refractivity contribution is 0.0998. The largest absolute Gasteiger partial charge is 0.478 e. The first-order valence-corrected chi connectivity index (χ1v) is 7.56. The van der Waals surface area contributed by atoms with Gasteiger partial charge in [-0.25, -0.2) is 4.98 Å². The molecule has 0 saturated carbocycles. The van der Waals surface area contributed by atoms with Crippen molar-refractivity contribution in [1.29, 1.82) is 5.26 Å². The van der Waals surface area contributed by atoms with Crippen LogP contribution in [0.3, 0.4) is 0 Å². The van der Waals surface area contributed by atoms with E-state index in [9.17, 15) is 10.1 Å². The molecule has 23 heavy (non-hydrogen) atoms. The molecule has 2 N–H and O–H groups in total. The highest BCUT2D eigenvalue weighted by atomic mass is 16.5. The molecule has 0 saturated heterocycles. The van der Waals surface area contributed by atoms with Crippen LogP contribution in [0.4, 0.5) is 0 Å². The number of amides is 1. The van der Waals surface area contributed by atoms with Crippen LogP contribution in [0, 0.1) is 11.3 Å². The zero-order chi connectivity index (χ0) is 16.4. The van der Waals surface area contributed by atoms with E-state index in [0.717, 1.165) is 17.5 Å². The van der Waals surface area contributed by atoms with Crippen LogP contribution < -0.4 is 10.5 Å². The number of fused-ring (bicyclic) bond motifs is 1. The molecule has 0 aliphatic heterocycles. The van der Waals surface area contributed by atoms with Crippen molar-refractivity contribution >= 4 is 5.91 Å². The predicted molar refractivity (Wildman–Crippen MR) is 85.1 cm³/mol. The fraction of sp³-hybridized carbons (Fsp3) is 0.278. The highest BCUT2D eigenvalue weighted by Crippen LogP contribution is 2.44. The van der Waals surface area contributed by atoms with Crippen LogP contribution in [0.2, 0.25) is 0 Å². The number of aryl methyl sites for hydroxylation is 1. The first-order chi connectivity index (χ1) is 11.1. The number of hydrogen-bond acceptors (Lipinski definition) is 4. The highest BCUT2D eigenvalue weighted by molar-refractivity contribution is 5.94. The van der Waals surface area contributed by atoms with E-state index in [1.54, 1.807) is 12.1 Å². The zero-order valence-corrected chi connectivity index (χ0v) is 12.9. The van der Waals surface area contributed by atoms with Crippen molar-refractivity contribution in [3.8, 4) is 11.9 Å². The molecule has 1 amide bonds. The predicted octanol–water partition coefficient (Wildman–Crippen LogP) is 2.34. The molecular formula is C18H17N3O2. The number of nitriles is 1. The number of carbonyl (C=O) groups excluding carboxylic acids is 1. The van der Waals surface area contributed by atoms with E-state index < -0.39 is 11.3 Å². The first-order valence-electron chi connectivity index (χ1n) is 7.56. The van der Waals surface area contributed by atoms with Crippen molar-refractivity contribution in [2.24, 2.45) is 5.73 Å². The van der Waals surface area contributed by atoms with Gasteiger partial charge in [-0.2, -0.15) is 5.26 Å². The first kappa shape index (κ1) is 15.0. The molecule has 0 spiro atoms. The van der Waals surface area contributed by atoms with E-state index in [2.05, 4.69) is 11.1 Å². The molecule has 0 fully saturated rings. The maximum absolute atomic E-state index is 11.8. The topological polar surface area (TPSA) is 89.0 Å². The Balaban J connectivity index is 2.25. The summed E-state index contributed by atoms with van der Waals surface area (Å²) in [5.74, 6) is -0.193. The van der Waals surface area contributed by atoms with Crippen molar-refractivity contribution in [2.75, 3.05) is 6.61 Å². The van der Waals surface area contributed by atoms with Crippen LogP contribution in [-0.4, -0.2) is 17.5 Å². The van der Waals surface area contributed by atoms with Gasteiger partial charge in [-0.3, -0.25) is 4.79 Å². The van der Waals surface area contributed by atoms with Gasteiger partial charge in [-0.15, -0.1) is 0 Å². The van der Waals surface area contributed by atoms with Gasteiger partial charge in [0.15, 0.2) is 0 Å². The normalized spacial score (nSPS) is 19.0. The molecule has 1 atom stereocenters. The van der Waals surface area contributed by atoms with E-state index in [-0.39, 0.29) is 5.56 Å². The van der Waals surface area contributed by atoms with Crippen LogP contribution in [0.25, 0.3) is 0 Å². The Morgan fingerprint density at radius 2 is 2.17 bits per heavy atom. The van der Waals surface area contributed by atoms with E-state index >= 15 is 0 Å². The molecule has 5 heteroatoms. The lowest BCUT2D eigenvalue weighted by Gasteiger charge is -2.24. The molecule has 1 unspecified atom stereocenters. The van der Waals surface area contributed by atoms with E-state index in [0.29, 0.717) is 24.6 Å². The van der Waals surface area contributed by atoms with Gasteiger partial charge >= 0.3 is 0 Å². The van der Waals surface area contributed by atoms with E-state index in [1.807, 2.05) is 31.2 Å². The van der Waals surface area contributed by atoms with Crippen LogP contribution in [0.5, 0.6) is 5.88 Å². The molecule has 1 aromatic heterocycles. The molecule has 0 bridgehead atoms. The summed E-state index contributed by atoms with van der Waals surface area (Å²) in [4.78, 5) is 16.3. The second-order valence-electron chi connectivity index (χ2n) is 5.52. The van der Waals surface area contributed by atoms with Crippen LogP contribution >= 0.6 is 0 Å². The third-order valence-electron chi connectivity index (χ3n) is 4.27. The average molecular weight is 307 g/mol. The van der Waals surface area contributed by atoms with Crippen LogP contribution in [-0.2, 0) is 11.8 Å². The number of rotatable bonds is 4. The van der Waals surface area contributed by atoms with Gasteiger partial charge in [0.05, 0.1) is 23.9 Å². The summed E-state index contributed by atoms with van der Waals surface area (Å²) in [6.07, 6.45) is 1.34. The van der Waals surface area contributed by atoms with Crippen LogP contribution in [0.15, 0.2) is 36.4 Å². The Kier molecular flexibility index (Phi) is 3.75. The number of carbonyl (C=O) groups is 1. The second kappa shape index (κ2) is 5.73. The van der Waals surface area contributed by atoms with Gasteiger partial charge in [0.2, 0.25) is 5.88 Å². The fourth-order valence-electron chi connectivity index (χ4n) is 3.22. The smallest absolute Gasteiger partial charge is 0.250 e. The van der Waals surface area contributed by atoms with Gasteiger partial charge in [-0.1, -0.05) is 24.3 Å². The zero-order valence-electron chi connectivity index (χ0n) is 12.9. The minimum absolute atomic E-state index is 0.270. The van der Waals surface area contributed by atoms with Gasteiger partial charge in [0.25, 0.3) is 5.91 Å². The Morgan fingerprint density at radius 1 is 1.39 bits per heavy atom. The monoisotopic (exact) mass is 307 g/mol. The number of pyridine rings is 1. The van der Waals surface area contributed by atoms with Crippen molar-refractivity contribution in [2.45, 2.75) is 25.2 Å². The number of aromatic nitrogens is 1. The molecule has 5 nitrogen and oxygen atoms in total. The molecule has 1 aliphatic carbocycles. The SMILES string of the molecule is CCOc1ccc(C(N)=O)c(C2(C#N)CCc3ccccc32)n1. The second-order valence-corrected chi connectivity index (χ2v) is 5.52. The summed E-state index contributed by atoms with van der Waals surface area (Å²) in [5, 5.41) is 9.96. The van der Waals surface area contributed by atoms with Crippen molar-refractivity contribution in [3.63, 3.8) is 0 Å². The molecule has 116 valence electrons. The van der Waals surface area contributed by atoms with Crippen molar-refractivity contribution in [3.05, 3.63) is 58.8 Å². The molecule has 1 aliphatic rings. The molecule has 2 aromatic rings. The maximum atomic E-state index is 11.8. The van der Waals surface area contributed by atoms with Gasteiger partial charge in [0, 0.05) is 6.07 Å². The Bertz CT molecular complexity index is 810. The summed E-state index contributed by atoms with van der Waals surface area (Å²) in [6, 6.07) is 13.4. The average Bonchev–Trinajstić information content (AvgIpc) is 2.95. The standard InChI is InChI=1S/C18H17N3O2/c1-2-23-15-8-7-13(17(20)22)16(21-15)18(11-19)10-9-12-5-3-4-6-14(12)18/h3-8H,2,9-10H2,1H3,(H2,20,22). The third-order valence-corrected chi connectivity index (χ3v) is 4.27. The van der Waals surface area contributed by atoms with Crippen molar-refractivity contribution in [1.82, 2.24) is 4.98 Å². The fourth-order valence-corrected chi connectivity index (χ4v) is 3.22. The summed E-state index contributed by atoms with van der Waals surface area (Å²) in [6.45, 7) is 2.31. The van der Waals surface area contributed by atoms with Crippen molar-refractivity contribution < 1.29 is 9.53 Å². The van der Waals surface area contributed by atoms with Gasteiger partial charge in [0.1, 0.15) is 5.41 Å². The Hall–Kier alpha value is -2.87. The quantitative estimate of drug-likeness (QED) is 0.938. The summed E-state index contributed by atoms with van der Waals surface area (Å²) in [7, 11) is 0. The minimum Gasteiger partial charge on any atom is -0.478 e. The van der Waals surface area contributed by atoms with E-state index in [4.69, 9.17) is 10.5 Å². The number of benzene rings is 1. The lowest BCUT2D eigenvalue weighted by atomic mass is 9.78. The minimum atomic E-state index is -0.964. The summed E-state index contributed by atoms with van der Waals surface area (Å²) in [5.41, 5.74) is 7.21. The maximum Gasteiger partial charge on any atom is 0.250 e. The van der Waals surface area contributed by atoms with Gasteiger partial charge < -0.3 is 10.5 Å². The number of ether oxygens (including phenoxy) is 1. The number of nitrogens with zero attached hydrogens (tertiary/aromatic N) is 2. The molecule has 1 heterocycles. The Morgan fingerprint density at radius 3 is 2.87 bits per heavy atom. The van der Waals surface area contributed by atoms with Gasteiger partial charge in [-0.05, 0) is 37.0 Å². The highest BCUT2D eigenvalue weighted by Gasteiger charge is 2.44. The summed E-state index contributed by atoms with van der Waals surface area (Å²) >= 11 is 0. The number of nitrogens with two attached hydrogens (primary N) is 1. The third kappa shape index (κ3) is 2.33. The number of hydrogen-bond donors (Lipinski definition) is 1. The molecule has 1 aromatic carbocycles. The molecular weight excluding hydrogens is 290 g/mol. The lowest BCUT2D eigenvalue weighted by Crippen LogP contribution is -2.29. The van der Waals surface area contributed by atoms with Crippen LogP contribution in [0.1, 0.15) is 40.5 Å². The van der Waals surface area contributed by atoms with E-state index in [1.165, 1.54) is 0 Å². The molecule has 0 radical (unpaired) electrons. The number of primary amides is 1.